The molecule has 216 valence electrons. The van der Waals surface area contributed by atoms with Crippen LogP contribution in [0.25, 0.3) is 22.2 Å². The molecule has 0 aliphatic carbocycles. The number of piperidine rings is 1. The van der Waals surface area contributed by atoms with Crippen LogP contribution in [-0.4, -0.2) is 65.9 Å². The summed E-state index contributed by atoms with van der Waals surface area (Å²) in [4.78, 5) is 28.1. The lowest BCUT2D eigenvalue weighted by Crippen LogP contribution is -2.36. The van der Waals surface area contributed by atoms with Gasteiger partial charge in [0.25, 0.3) is 0 Å². The fourth-order valence-electron chi connectivity index (χ4n) is 5.99. The maximum absolute atomic E-state index is 14.4. The molecular formula is C31H30ClFN6O3. The molecule has 6 heterocycles. The van der Waals surface area contributed by atoms with Gasteiger partial charge in [0.1, 0.15) is 22.8 Å². The number of nitrogens with zero attached hydrogens (tertiary/aromatic N) is 6. The van der Waals surface area contributed by atoms with E-state index in [4.69, 9.17) is 26.3 Å². The highest BCUT2D eigenvalue weighted by atomic mass is 35.5. The van der Waals surface area contributed by atoms with Crippen molar-refractivity contribution in [3.05, 3.63) is 88.3 Å². The lowest BCUT2D eigenvalue weighted by atomic mass is 10.0. The number of carbonyl (C=O) groups is 1. The number of halogens is 2. The zero-order valence-electron chi connectivity index (χ0n) is 22.9. The van der Waals surface area contributed by atoms with Crippen LogP contribution < -0.4 is 0 Å². The minimum Gasteiger partial charge on any atom is -0.477 e. The summed E-state index contributed by atoms with van der Waals surface area (Å²) in [6, 6.07) is 14.4. The maximum atomic E-state index is 14.4. The minimum absolute atomic E-state index is 0.0135. The highest BCUT2D eigenvalue weighted by molar-refractivity contribution is 6.30. The van der Waals surface area contributed by atoms with E-state index in [0.717, 1.165) is 61.5 Å². The Morgan fingerprint density at radius 3 is 2.60 bits per heavy atom. The molecule has 7 rings (SSSR count). The van der Waals surface area contributed by atoms with Gasteiger partial charge < -0.3 is 19.0 Å². The van der Waals surface area contributed by atoms with E-state index in [0.29, 0.717) is 47.3 Å². The largest absolute Gasteiger partial charge is 0.477 e. The van der Waals surface area contributed by atoms with Crippen LogP contribution in [0.2, 0.25) is 5.02 Å². The summed E-state index contributed by atoms with van der Waals surface area (Å²) in [7, 11) is 0. The summed E-state index contributed by atoms with van der Waals surface area (Å²) >= 11 is 5.92. The van der Waals surface area contributed by atoms with Crippen LogP contribution in [0, 0.1) is 5.82 Å². The van der Waals surface area contributed by atoms with Crippen molar-refractivity contribution < 1.29 is 19.0 Å². The summed E-state index contributed by atoms with van der Waals surface area (Å²) in [6.07, 6.45) is 5.48. The lowest BCUT2D eigenvalue weighted by Gasteiger charge is -2.33. The molecule has 2 saturated heterocycles. The van der Waals surface area contributed by atoms with Crippen LogP contribution >= 0.6 is 11.6 Å². The fourth-order valence-corrected chi connectivity index (χ4v) is 6.15. The Labute approximate surface area is 246 Å². The molecule has 0 bridgehead atoms. The van der Waals surface area contributed by atoms with Gasteiger partial charge in [0, 0.05) is 54.5 Å². The van der Waals surface area contributed by atoms with Gasteiger partial charge in [0.2, 0.25) is 0 Å². The number of likely N-dealkylation sites (tertiary alicyclic amines) is 1. The Morgan fingerprint density at radius 2 is 1.86 bits per heavy atom. The first-order valence-electron chi connectivity index (χ1n) is 14.2. The van der Waals surface area contributed by atoms with Gasteiger partial charge in [0.05, 0.1) is 19.2 Å². The van der Waals surface area contributed by atoms with E-state index in [9.17, 15) is 14.3 Å². The van der Waals surface area contributed by atoms with E-state index >= 15 is 0 Å². The van der Waals surface area contributed by atoms with Crippen molar-refractivity contribution in [2.24, 2.45) is 0 Å². The number of hydrogen-bond acceptors (Lipinski definition) is 6. The van der Waals surface area contributed by atoms with Crippen molar-refractivity contribution in [3.63, 3.8) is 0 Å². The Hall–Kier alpha value is -3.86. The molecule has 4 aromatic heterocycles. The van der Waals surface area contributed by atoms with E-state index in [2.05, 4.69) is 32.8 Å². The first-order chi connectivity index (χ1) is 20.4. The van der Waals surface area contributed by atoms with Crippen molar-refractivity contribution in [3.8, 4) is 0 Å². The molecule has 0 saturated carbocycles. The first-order valence-corrected chi connectivity index (χ1v) is 14.6. The minimum atomic E-state index is -1.05. The monoisotopic (exact) mass is 588 g/mol. The van der Waals surface area contributed by atoms with Gasteiger partial charge in [-0.3, -0.25) is 4.90 Å². The zero-order chi connectivity index (χ0) is 28.8. The molecule has 1 unspecified atom stereocenters. The van der Waals surface area contributed by atoms with Crippen LogP contribution in [0.5, 0.6) is 0 Å². The summed E-state index contributed by atoms with van der Waals surface area (Å²) in [6.45, 7) is 3.78. The second-order valence-electron chi connectivity index (χ2n) is 11.1. The van der Waals surface area contributed by atoms with E-state index in [1.54, 1.807) is 18.2 Å². The van der Waals surface area contributed by atoms with E-state index in [-0.39, 0.29) is 17.6 Å². The van der Waals surface area contributed by atoms with Crippen molar-refractivity contribution in [1.82, 2.24) is 29.0 Å². The number of carboxylic acids is 1. The number of ether oxygens (including phenoxy) is 1. The summed E-state index contributed by atoms with van der Waals surface area (Å²) < 4.78 is 24.4. The molecule has 2 aliphatic heterocycles. The molecule has 2 aliphatic rings. The number of imidazole rings is 1. The third-order valence-electron chi connectivity index (χ3n) is 8.39. The number of aromatic carboxylic acids is 1. The predicted octanol–water partition coefficient (Wildman–Crippen LogP) is 5.49. The van der Waals surface area contributed by atoms with Crippen LogP contribution in [0.15, 0.2) is 54.7 Å². The molecule has 9 nitrogen and oxygen atoms in total. The Morgan fingerprint density at radius 1 is 1.02 bits per heavy atom. The van der Waals surface area contributed by atoms with Gasteiger partial charge >= 0.3 is 5.97 Å². The molecule has 5 aromatic rings. The van der Waals surface area contributed by atoms with Gasteiger partial charge in [-0.05, 0) is 67.3 Å². The Kier molecular flexibility index (Phi) is 7.13. The third kappa shape index (κ3) is 5.26. The number of pyridine rings is 2. The highest BCUT2D eigenvalue weighted by Gasteiger charge is 2.26. The molecule has 42 heavy (non-hydrogen) atoms. The molecule has 1 N–H and O–H groups in total. The van der Waals surface area contributed by atoms with Crippen LogP contribution in [0.1, 0.15) is 52.9 Å². The normalized spacial score (nSPS) is 18.1. The molecule has 0 amide bonds. The summed E-state index contributed by atoms with van der Waals surface area (Å²) in [5.74, 6) is -0.496. The predicted molar refractivity (Wildman–Crippen MR) is 156 cm³/mol. The molecule has 11 heteroatoms. The van der Waals surface area contributed by atoms with Gasteiger partial charge in [-0.25, -0.2) is 24.1 Å². The standard InChI is InChI=1S/C31H30ClFN6O3/c32-21-3-1-20(25(33)16-21)15-22-4-2-19-7-13-38(29(19)34-22)23-8-11-37(12-9-23)18-28-35-26-5-6-27(31(40)41)36-30(26)39(28)17-24-10-14-42-24/h1-7,13,16,23-24H,8-12,14-15,17-18H2,(H,40,41). The molecule has 1 aromatic carbocycles. The Bertz CT molecular complexity index is 1790. The van der Waals surface area contributed by atoms with Gasteiger partial charge in [-0.15, -0.1) is 0 Å². The number of hydrogen-bond donors (Lipinski definition) is 1. The summed E-state index contributed by atoms with van der Waals surface area (Å²) in [5, 5.41) is 10.9. The molecule has 1 atom stereocenters. The second-order valence-corrected chi connectivity index (χ2v) is 11.6. The SMILES string of the molecule is O=C(O)c1ccc2nc(CN3CCC(n4ccc5ccc(Cc6ccc(Cl)cc6F)nc54)CC3)n(CC3CCO3)c2n1. The van der Waals surface area contributed by atoms with E-state index < -0.39 is 5.97 Å². The van der Waals surface area contributed by atoms with Gasteiger partial charge in [-0.2, -0.15) is 0 Å². The average molecular weight is 589 g/mol. The van der Waals surface area contributed by atoms with Crippen molar-refractivity contribution in [1.29, 1.82) is 0 Å². The molecular weight excluding hydrogens is 559 g/mol. The molecule has 2 fully saturated rings. The second kappa shape index (κ2) is 11.1. The lowest BCUT2D eigenvalue weighted by molar-refractivity contribution is -0.0593. The number of rotatable bonds is 8. The third-order valence-corrected chi connectivity index (χ3v) is 8.63. The van der Waals surface area contributed by atoms with Crippen LogP contribution in [-0.2, 0) is 24.2 Å². The Balaban J connectivity index is 1.07. The zero-order valence-corrected chi connectivity index (χ0v) is 23.7. The first kappa shape index (κ1) is 27.0. The van der Waals surface area contributed by atoms with E-state index in [1.807, 2.05) is 10.6 Å². The van der Waals surface area contributed by atoms with Crippen LogP contribution in [0.4, 0.5) is 4.39 Å². The topological polar surface area (TPSA) is 98.3 Å². The number of fused-ring (bicyclic) bond motifs is 2. The highest BCUT2D eigenvalue weighted by Crippen LogP contribution is 2.29. The van der Waals surface area contributed by atoms with Gasteiger partial charge in [0.15, 0.2) is 11.3 Å². The number of carboxylic acid groups (broad SMARTS) is 1. The average Bonchev–Trinajstić information content (AvgIpc) is 3.53. The number of aromatic nitrogens is 5. The van der Waals surface area contributed by atoms with Crippen molar-refractivity contribution >= 4 is 39.8 Å². The quantitative estimate of drug-likeness (QED) is 0.256. The van der Waals surface area contributed by atoms with Crippen molar-refractivity contribution in [2.75, 3.05) is 19.7 Å². The smallest absolute Gasteiger partial charge is 0.354 e. The van der Waals surface area contributed by atoms with Gasteiger partial charge in [-0.1, -0.05) is 17.7 Å². The molecule has 0 radical (unpaired) electrons. The fraction of sp³-hybridized carbons (Fsp3) is 0.355. The summed E-state index contributed by atoms with van der Waals surface area (Å²) in [5.41, 5.74) is 3.61. The van der Waals surface area contributed by atoms with Crippen LogP contribution in [0.3, 0.4) is 0 Å². The maximum Gasteiger partial charge on any atom is 0.354 e. The van der Waals surface area contributed by atoms with Crippen molar-refractivity contribution in [2.45, 2.75) is 50.9 Å². The van der Waals surface area contributed by atoms with E-state index in [1.165, 1.54) is 12.1 Å². The number of benzene rings is 1. The molecule has 0 spiro atoms.